The summed E-state index contributed by atoms with van der Waals surface area (Å²) in [6.07, 6.45) is -2.98. The van der Waals surface area contributed by atoms with Gasteiger partial charge >= 0.3 is 23.6 Å². The zero-order chi connectivity index (χ0) is 30.8. The molecule has 1 aliphatic heterocycles. The van der Waals surface area contributed by atoms with Gasteiger partial charge in [-0.3, -0.25) is 38.8 Å². The van der Waals surface area contributed by atoms with Crippen LogP contribution in [0.4, 0.5) is 5.95 Å². The molecule has 1 saturated heterocycles. The minimum atomic E-state index is -1.19. The monoisotopic (exact) mass is 705 g/mol. The normalized spacial score (nSPS) is 20.2. The van der Waals surface area contributed by atoms with Gasteiger partial charge in [0.05, 0.1) is 24.8 Å². The number of carbonyl (C=O) groups excluding carboxylic acids is 4. The van der Waals surface area contributed by atoms with E-state index in [1.807, 2.05) is 0 Å². The van der Waals surface area contributed by atoms with Crippen molar-refractivity contribution in [2.75, 3.05) is 11.9 Å². The van der Waals surface area contributed by atoms with E-state index in [1.165, 1.54) is 15.5 Å². The van der Waals surface area contributed by atoms with E-state index in [0.717, 1.165) is 0 Å². The predicted octanol–water partition coefficient (Wildman–Crippen LogP) is -1.62. The van der Waals surface area contributed by atoms with Gasteiger partial charge in [0, 0.05) is 5.92 Å². The molecule has 0 saturated carbocycles. The van der Waals surface area contributed by atoms with Crippen molar-refractivity contribution in [2.24, 2.45) is 30.7 Å². The van der Waals surface area contributed by atoms with Crippen molar-refractivity contribution in [1.29, 1.82) is 0 Å². The number of aryl methyl sites for hydroxylation is 1. The summed E-state index contributed by atoms with van der Waals surface area (Å²) in [4.78, 5) is 70.1. The number of nitrogens with one attached hydrogen (secondary N) is 2. The Bertz CT molecular complexity index is 1370. The smallest absolute Gasteiger partial charge is 0.313 e. The molecule has 3 heterocycles. The Kier molecular flexibility index (Phi) is 12.0. The first-order valence-corrected chi connectivity index (χ1v) is 13.7. The molecule has 0 radical (unpaired) electrons. The number of carbonyl (C=O) groups is 4. The molecule has 1 amide bonds. The number of hydrogen-bond acceptors (Lipinski definition) is 10. The highest BCUT2D eigenvalue weighted by atomic mass is 127. The number of hydrogen-bond donors (Lipinski definition) is 2. The van der Waals surface area contributed by atoms with Gasteiger partial charge in [0.2, 0.25) is 23.8 Å². The van der Waals surface area contributed by atoms with Crippen molar-refractivity contribution in [3.8, 4) is 0 Å². The molecular formula is C27H40IN5O9. The molecule has 14 nitrogen and oxygen atoms in total. The van der Waals surface area contributed by atoms with Gasteiger partial charge in [-0.15, -0.1) is 0 Å². The highest BCUT2D eigenvalue weighted by Gasteiger charge is 2.54. The van der Waals surface area contributed by atoms with Gasteiger partial charge in [0.25, 0.3) is 11.5 Å². The second kappa shape index (κ2) is 14.4. The number of halogens is 1. The zero-order valence-electron chi connectivity index (χ0n) is 25.3. The minimum absolute atomic E-state index is 0. The number of nitrogens with zero attached hydrogens (tertiary/aromatic N) is 3. The van der Waals surface area contributed by atoms with E-state index >= 15 is 0 Å². The van der Waals surface area contributed by atoms with Crippen molar-refractivity contribution >= 4 is 40.9 Å². The van der Waals surface area contributed by atoms with E-state index < -0.39 is 65.8 Å². The van der Waals surface area contributed by atoms with Crippen molar-refractivity contribution in [1.82, 2.24) is 14.5 Å². The van der Waals surface area contributed by atoms with Crippen LogP contribution in [0.1, 0.15) is 61.6 Å². The molecule has 2 N–H and O–H groups in total. The Morgan fingerprint density at radius 1 is 0.952 bits per heavy atom. The lowest BCUT2D eigenvalue weighted by Crippen LogP contribution is -3.00. The molecule has 0 spiro atoms. The summed E-state index contributed by atoms with van der Waals surface area (Å²) >= 11 is 0. The minimum Gasteiger partial charge on any atom is -1.00 e. The number of imidazole rings is 1. The summed E-state index contributed by atoms with van der Waals surface area (Å²) in [5.41, 5.74) is -0.274. The van der Waals surface area contributed by atoms with Crippen molar-refractivity contribution in [3.63, 3.8) is 0 Å². The van der Waals surface area contributed by atoms with Crippen molar-refractivity contribution < 1.29 is 66.7 Å². The fourth-order valence-electron chi connectivity index (χ4n) is 3.96. The Morgan fingerprint density at radius 2 is 1.50 bits per heavy atom. The van der Waals surface area contributed by atoms with Gasteiger partial charge in [-0.05, 0) is 0 Å². The molecule has 0 unspecified atom stereocenters. The Hall–Kier alpha value is -3.08. The van der Waals surface area contributed by atoms with E-state index in [4.69, 9.17) is 18.9 Å². The number of esters is 3. The topological polar surface area (TPSA) is 172 Å². The van der Waals surface area contributed by atoms with E-state index in [0.29, 0.717) is 0 Å². The van der Waals surface area contributed by atoms with Gasteiger partial charge in [0.15, 0.2) is 12.4 Å². The summed E-state index contributed by atoms with van der Waals surface area (Å²) in [6, 6.07) is 0. The average molecular weight is 706 g/mol. The quantitative estimate of drug-likeness (QED) is 0.127. The van der Waals surface area contributed by atoms with Crippen LogP contribution in [-0.4, -0.2) is 63.3 Å². The zero-order valence-corrected chi connectivity index (χ0v) is 27.5. The highest BCUT2D eigenvalue weighted by Crippen LogP contribution is 2.33. The van der Waals surface area contributed by atoms with Crippen LogP contribution >= 0.6 is 0 Å². The largest absolute Gasteiger partial charge is 1.00 e. The first-order valence-electron chi connectivity index (χ1n) is 13.7. The SMILES string of the molecule is CC(C)C(=O)Nc1nc2c(c(=O)[nH]1)n(C)c[n+]2[C@@H]1O[C@H](COC(=O)C(C)C)[C@@H](OC(=O)C(C)C)[C@H]1OC(=O)C(C)C.[I-]. The number of H-pyrrole nitrogens is 1. The molecule has 2 aromatic heterocycles. The van der Waals surface area contributed by atoms with E-state index in [9.17, 15) is 24.0 Å². The molecule has 0 aromatic carbocycles. The van der Waals surface area contributed by atoms with Crippen LogP contribution in [0.2, 0.25) is 0 Å². The average Bonchev–Trinajstić information content (AvgIpc) is 3.38. The Labute approximate surface area is 260 Å². The van der Waals surface area contributed by atoms with Crippen molar-refractivity contribution in [2.45, 2.75) is 79.9 Å². The summed E-state index contributed by atoms with van der Waals surface area (Å²) in [6.45, 7) is 13.1. The molecule has 234 valence electrons. The number of ether oxygens (including phenoxy) is 4. The lowest BCUT2D eigenvalue weighted by molar-refractivity contribution is -0.745. The van der Waals surface area contributed by atoms with Crippen molar-refractivity contribution in [3.05, 3.63) is 16.7 Å². The summed E-state index contributed by atoms with van der Waals surface area (Å²) in [5, 5.41) is 2.58. The second-order valence-electron chi connectivity index (χ2n) is 11.3. The summed E-state index contributed by atoms with van der Waals surface area (Å²) in [7, 11) is 1.62. The number of aromatic amines is 1. The van der Waals surface area contributed by atoms with Crippen LogP contribution in [-0.2, 0) is 45.2 Å². The maximum Gasteiger partial charge on any atom is 0.313 e. The van der Waals surface area contributed by atoms with E-state index in [1.54, 1.807) is 62.4 Å². The van der Waals surface area contributed by atoms with Gasteiger partial charge in [-0.1, -0.05) is 60.4 Å². The third-order valence-electron chi connectivity index (χ3n) is 6.41. The predicted molar refractivity (Wildman–Crippen MR) is 144 cm³/mol. The van der Waals surface area contributed by atoms with E-state index in [-0.39, 0.29) is 59.5 Å². The van der Waals surface area contributed by atoms with Gasteiger partial charge in [0.1, 0.15) is 12.7 Å². The number of rotatable bonds is 10. The number of amides is 1. The lowest BCUT2D eigenvalue weighted by atomic mass is 10.1. The van der Waals surface area contributed by atoms with Crippen LogP contribution < -0.4 is 39.4 Å². The van der Waals surface area contributed by atoms with Gasteiger partial charge in [-0.2, -0.15) is 0 Å². The molecule has 2 aromatic rings. The maximum atomic E-state index is 13.0. The van der Waals surface area contributed by atoms with Crippen LogP contribution in [0, 0.1) is 23.7 Å². The summed E-state index contributed by atoms with van der Waals surface area (Å²) < 4.78 is 26.3. The molecule has 0 aliphatic carbocycles. The Balaban J connectivity index is 0.00000616. The highest BCUT2D eigenvalue weighted by molar-refractivity contribution is 5.90. The van der Waals surface area contributed by atoms with Crippen LogP contribution in [0.15, 0.2) is 11.1 Å². The maximum absolute atomic E-state index is 13.0. The molecule has 0 bridgehead atoms. The molecule has 3 rings (SSSR count). The molecule has 42 heavy (non-hydrogen) atoms. The van der Waals surface area contributed by atoms with Crippen LogP contribution in [0.3, 0.4) is 0 Å². The third kappa shape index (κ3) is 7.85. The first-order chi connectivity index (χ1) is 19.1. The van der Waals surface area contributed by atoms with Crippen LogP contribution in [0.5, 0.6) is 0 Å². The molecule has 1 aliphatic rings. The first kappa shape index (κ1) is 35.1. The lowest BCUT2D eigenvalue weighted by Gasteiger charge is -2.25. The van der Waals surface area contributed by atoms with Crippen LogP contribution in [0.25, 0.3) is 11.2 Å². The number of fused-ring (bicyclic) bond motifs is 1. The standard InChI is InChI=1S/C27H39N5O9.HI/c1-12(2)21(33)29-27-28-20-17(22(34)30-27)31(9)11-32(20)23-19(41-26(37)15(7)8)18(40-25(36)14(5)6)16(39-23)10-38-24(35)13(3)4;/h11-16,18-19,23H,10H2,1-9H3,(H-,28,29,30,33,34);1H/t16-,18-,19-,23-;/m1./s1. The molecular weight excluding hydrogens is 665 g/mol. The third-order valence-corrected chi connectivity index (χ3v) is 6.41. The number of aromatic nitrogens is 4. The van der Waals surface area contributed by atoms with E-state index in [2.05, 4.69) is 15.3 Å². The fraction of sp³-hybridized carbons (Fsp3) is 0.667. The molecule has 1 fully saturated rings. The summed E-state index contributed by atoms with van der Waals surface area (Å²) in [5.74, 6) is -3.89. The Morgan fingerprint density at radius 3 is 2.02 bits per heavy atom. The fourth-order valence-corrected chi connectivity index (χ4v) is 3.96. The molecule has 4 atom stereocenters. The van der Waals surface area contributed by atoms with Gasteiger partial charge < -0.3 is 42.9 Å². The number of anilines is 1. The second-order valence-corrected chi connectivity index (χ2v) is 11.3. The molecule has 15 heteroatoms. The van der Waals surface area contributed by atoms with Gasteiger partial charge in [-0.25, -0.2) is 4.57 Å².